The SMILES string of the molecule is C=C(C)C(=O)Nc1nc2cc(C(N)=O)ccc2n1C/C=C/Cn1c(N)nc2cc(C(N)=O)cc(OCCCN(C)C(=O)CCCCCN3C(=O)CC(C)C3=O)c21. The second kappa shape index (κ2) is 17.7. The number of amides is 6. The standard InChI is InChI=1S/C39H48N10O7/c1-23(2)36(54)45-39-44-27-20-25(34(40)52)12-13-29(27)47(39)15-8-9-17-49-33-28(43-38(49)42)21-26(35(41)53)22-30(33)56-18-10-14-46(4)31(50)11-6-5-7-16-48-32(51)19-24(3)37(48)55/h8-9,12-13,20-22,24H,1,5-7,10-11,14-19H2,2-4H3,(H2,40,52)(H2,41,53)(H2,42,43)(H,44,45,54)/b9-8+. The Morgan fingerprint density at radius 2 is 1.66 bits per heavy atom. The summed E-state index contributed by atoms with van der Waals surface area (Å²) in [6.45, 7) is 8.61. The molecule has 1 aliphatic heterocycles. The van der Waals surface area contributed by atoms with E-state index in [0.717, 1.165) is 6.42 Å². The molecule has 7 N–H and O–H groups in total. The number of benzene rings is 2. The van der Waals surface area contributed by atoms with Crippen LogP contribution in [0.25, 0.3) is 22.1 Å². The number of carbonyl (C=O) groups is 6. The van der Waals surface area contributed by atoms with Gasteiger partial charge in [-0.25, -0.2) is 9.97 Å². The van der Waals surface area contributed by atoms with E-state index in [1.807, 2.05) is 12.2 Å². The van der Waals surface area contributed by atoms with Crippen molar-refractivity contribution in [2.45, 2.75) is 65.5 Å². The molecule has 56 heavy (non-hydrogen) atoms. The van der Waals surface area contributed by atoms with Crippen molar-refractivity contribution < 1.29 is 33.5 Å². The highest BCUT2D eigenvalue weighted by Gasteiger charge is 2.34. The van der Waals surface area contributed by atoms with Gasteiger partial charge in [-0.05, 0) is 56.5 Å². The molecule has 1 unspecified atom stereocenters. The van der Waals surface area contributed by atoms with Crippen molar-refractivity contribution in [1.82, 2.24) is 28.9 Å². The Labute approximate surface area is 323 Å². The number of nitrogens with two attached hydrogens (primary N) is 3. The van der Waals surface area contributed by atoms with Gasteiger partial charge in [-0.1, -0.05) is 32.1 Å². The van der Waals surface area contributed by atoms with Crippen LogP contribution in [0.4, 0.5) is 11.9 Å². The number of fused-ring (bicyclic) bond motifs is 2. The Hall–Kier alpha value is -6.52. The lowest BCUT2D eigenvalue weighted by molar-refractivity contribution is -0.139. The molecule has 17 nitrogen and oxygen atoms in total. The lowest BCUT2D eigenvalue weighted by atomic mass is 10.1. The zero-order chi connectivity index (χ0) is 40.7. The van der Waals surface area contributed by atoms with Crippen molar-refractivity contribution in [3.05, 3.63) is 65.8 Å². The summed E-state index contributed by atoms with van der Waals surface area (Å²) in [7, 11) is 1.72. The molecule has 1 saturated heterocycles. The first kappa shape index (κ1) is 40.7. The third kappa shape index (κ3) is 9.40. The molecule has 5 rings (SSSR count). The maximum atomic E-state index is 12.8. The van der Waals surface area contributed by atoms with Gasteiger partial charge in [0, 0.05) is 68.7 Å². The van der Waals surface area contributed by atoms with Crippen LogP contribution in [0.15, 0.2) is 54.6 Å². The van der Waals surface area contributed by atoms with Crippen LogP contribution in [-0.4, -0.2) is 91.1 Å². The van der Waals surface area contributed by atoms with Crippen molar-refractivity contribution in [3.8, 4) is 5.75 Å². The number of primary amides is 2. The first-order valence-corrected chi connectivity index (χ1v) is 18.4. The highest BCUT2D eigenvalue weighted by molar-refractivity contribution is 6.04. The third-order valence-corrected chi connectivity index (χ3v) is 9.57. The van der Waals surface area contributed by atoms with E-state index in [0.29, 0.717) is 72.2 Å². The summed E-state index contributed by atoms with van der Waals surface area (Å²) in [5.74, 6) is -1.42. The summed E-state index contributed by atoms with van der Waals surface area (Å²) >= 11 is 0. The summed E-state index contributed by atoms with van der Waals surface area (Å²) in [6.07, 6.45) is 6.83. The maximum Gasteiger partial charge on any atom is 0.253 e. The lowest BCUT2D eigenvalue weighted by Gasteiger charge is -2.18. The number of aromatic nitrogens is 4. The fourth-order valence-corrected chi connectivity index (χ4v) is 6.42. The molecule has 2 aromatic heterocycles. The number of carbonyl (C=O) groups excluding carboxylic acids is 6. The summed E-state index contributed by atoms with van der Waals surface area (Å²) in [5.41, 5.74) is 20.3. The van der Waals surface area contributed by atoms with Crippen LogP contribution in [0.3, 0.4) is 0 Å². The number of nitrogen functional groups attached to an aromatic ring is 1. The fourth-order valence-electron chi connectivity index (χ4n) is 6.42. The van der Waals surface area contributed by atoms with E-state index in [1.54, 1.807) is 65.3 Å². The van der Waals surface area contributed by atoms with Gasteiger partial charge in [-0.3, -0.25) is 39.0 Å². The van der Waals surface area contributed by atoms with Gasteiger partial charge in [0.1, 0.15) is 11.3 Å². The first-order valence-electron chi connectivity index (χ1n) is 18.4. The van der Waals surface area contributed by atoms with Crippen molar-refractivity contribution in [2.75, 3.05) is 37.8 Å². The zero-order valence-electron chi connectivity index (χ0n) is 31.9. The van der Waals surface area contributed by atoms with Gasteiger partial charge in [0.25, 0.3) is 5.91 Å². The van der Waals surface area contributed by atoms with Crippen LogP contribution in [-0.2, 0) is 32.3 Å². The van der Waals surface area contributed by atoms with Crippen LogP contribution in [0.1, 0.15) is 73.1 Å². The van der Waals surface area contributed by atoms with E-state index in [1.165, 1.54) is 4.90 Å². The number of imidazole rings is 2. The van der Waals surface area contributed by atoms with Crippen LogP contribution in [0.5, 0.6) is 5.75 Å². The summed E-state index contributed by atoms with van der Waals surface area (Å²) in [5, 5.41) is 2.75. The van der Waals surface area contributed by atoms with Crippen molar-refractivity contribution in [1.29, 1.82) is 0 Å². The molecule has 6 amide bonds. The lowest BCUT2D eigenvalue weighted by Crippen LogP contribution is -2.31. The number of imide groups is 1. The molecule has 0 radical (unpaired) electrons. The van der Waals surface area contributed by atoms with Crippen LogP contribution in [0, 0.1) is 5.92 Å². The number of hydrogen-bond acceptors (Lipinski definition) is 10. The average molecular weight is 769 g/mol. The minimum Gasteiger partial charge on any atom is -0.491 e. The van der Waals surface area contributed by atoms with Gasteiger partial charge >= 0.3 is 0 Å². The van der Waals surface area contributed by atoms with Crippen LogP contribution < -0.4 is 27.3 Å². The van der Waals surface area contributed by atoms with E-state index in [4.69, 9.17) is 21.9 Å². The molecule has 0 bridgehead atoms. The Bertz CT molecular complexity index is 2240. The van der Waals surface area contributed by atoms with E-state index in [2.05, 4.69) is 21.9 Å². The number of unbranched alkanes of at least 4 members (excludes halogenated alkanes) is 2. The number of ether oxygens (including phenoxy) is 1. The van der Waals surface area contributed by atoms with Crippen molar-refractivity contribution in [2.24, 2.45) is 17.4 Å². The largest absolute Gasteiger partial charge is 0.491 e. The number of allylic oxidation sites excluding steroid dienone is 2. The molecule has 3 heterocycles. The van der Waals surface area contributed by atoms with E-state index < -0.39 is 17.7 Å². The molecular formula is C39H48N10O7. The minimum absolute atomic E-state index is 0.0212. The van der Waals surface area contributed by atoms with E-state index >= 15 is 0 Å². The smallest absolute Gasteiger partial charge is 0.253 e. The molecule has 2 aromatic carbocycles. The molecule has 1 fully saturated rings. The summed E-state index contributed by atoms with van der Waals surface area (Å²) < 4.78 is 9.65. The first-order chi connectivity index (χ1) is 26.7. The zero-order valence-corrected chi connectivity index (χ0v) is 31.9. The van der Waals surface area contributed by atoms with Crippen molar-refractivity contribution >= 4 is 69.4 Å². The minimum atomic E-state index is -0.659. The summed E-state index contributed by atoms with van der Waals surface area (Å²) in [4.78, 5) is 85.1. The molecule has 1 atom stereocenters. The van der Waals surface area contributed by atoms with Gasteiger partial charge in [-0.15, -0.1) is 0 Å². The molecule has 17 heteroatoms. The Morgan fingerprint density at radius 1 is 0.964 bits per heavy atom. The number of hydrogen-bond donors (Lipinski definition) is 4. The summed E-state index contributed by atoms with van der Waals surface area (Å²) in [6, 6.07) is 7.93. The quantitative estimate of drug-likeness (QED) is 0.0470. The predicted molar refractivity (Wildman–Crippen MR) is 210 cm³/mol. The number of rotatable bonds is 19. The van der Waals surface area contributed by atoms with Crippen LogP contribution in [0.2, 0.25) is 0 Å². The second-order valence-corrected chi connectivity index (χ2v) is 13.9. The third-order valence-electron chi connectivity index (χ3n) is 9.57. The molecular weight excluding hydrogens is 720 g/mol. The van der Waals surface area contributed by atoms with Gasteiger partial charge < -0.3 is 36.0 Å². The van der Waals surface area contributed by atoms with Gasteiger partial charge in [0.2, 0.25) is 41.4 Å². The highest BCUT2D eigenvalue weighted by atomic mass is 16.5. The highest BCUT2D eigenvalue weighted by Crippen LogP contribution is 2.30. The number of nitrogens with one attached hydrogen (secondary N) is 1. The fraction of sp³-hybridized carbons (Fsp3) is 0.385. The van der Waals surface area contributed by atoms with E-state index in [-0.39, 0.29) is 72.8 Å². The Balaban J connectivity index is 1.21. The molecule has 0 saturated carbocycles. The molecule has 296 valence electrons. The normalized spacial score (nSPS) is 14.3. The monoisotopic (exact) mass is 768 g/mol. The van der Waals surface area contributed by atoms with Gasteiger partial charge in [0.05, 0.1) is 23.2 Å². The molecule has 0 aliphatic carbocycles. The predicted octanol–water partition coefficient (Wildman–Crippen LogP) is 3.12. The topological polar surface area (TPSA) is 244 Å². The second-order valence-electron chi connectivity index (χ2n) is 13.9. The molecule has 1 aliphatic rings. The van der Waals surface area contributed by atoms with E-state index in [9.17, 15) is 28.8 Å². The van der Waals surface area contributed by atoms with Gasteiger partial charge in [0.15, 0.2) is 0 Å². The number of anilines is 2. The van der Waals surface area contributed by atoms with Crippen LogP contribution >= 0.6 is 0 Å². The number of likely N-dealkylation sites (tertiary alicyclic amines) is 1. The molecule has 4 aromatic rings. The average Bonchev–Trinajstić information content (AvgIpc) is 3.75. The molecule has 0 spiro atoms. The maximum absolute atomic E-state index is 12.8. The Morgan fingerprint density at radius 3 is 2.32 bits per heavy atom. The Kier molecular flexibility index (Phi) is 12.9. The van der Waals surface area contributed by atoms with Crippen molar-refractivity contribution in [3.63, 3.8) is 0 Å². The number of nitrogens with zero attached hydrogens (tertiary/aromatic N) is 6. The van der Waals surface area contributed by atoms with Gasteiger partial charge in [-0.2, -0.15) is 0 Å².